The van der Waals surface area contributed by atoms with Crippen LogP contribution in [0, 0.1) is 12.8 Å². The quantitative estimate of drug-likeness (QED) is 0.720. The topological polar surface area (TPSA) is 24.9 Å². The first-order valence-corrected chi connectivity index (χ1v) is 6.84. The second-order valence-electron chi connectivity index (χ2n) is 4.45. The number of aryl methyl sites for hydroxylation is 1. The lowest BCUT2D eigenvalue weighted by Gasteiger charge is -2.03. The summed E-state index contributed by atoms with van der Waals surface area (Å²) in [6.07, 6.45) is 6.90. The summed E-state index contributed by atoms with van der Waals surface area (Å²) in [4.78, 5) is 5.69. The summed E-state index contributed by atoms with van der Waals surface area (Å²) in [5, 5.41) is 3.51. The van der Waals surface area contributed by atoms with Crippen LogP contribution < -0.4 is 5.32 Å². The fourth-order valence-electron chi connectivity index (χ4n) is 1.82. The Morgan fingerprint density at radius 3 is 3.00 bits per heavy atom. The molecule has 1 aromatic rings. The second-order valence-corrected chi connectivity index (χ2v) is 5.39. The van der Waals surface area contributed by atoms with Crippen molar-refractivity contribution < 1.29 is 0 Å². The van der Waals surface area contributed by atoms with E-state index >= 15 is 0 Å². The fourth-order valence-corrected chi connectivity index (χ4v) is 2.60. The van der Waals surface area contributed by atoms with Crippen LogP contribution in [0.5, 0.6) is 0 Å². The third kappa shape index (κ3) is 3.92. The van der Waals surface area contributed by atoms with Gasteiger partial charge in [-0.2, -0.15) is 0 Å². The van der Waals surface area contributed by atoms with E-state index in [-0.39, 0.29) is 0 Å². The first-order valence-electron chi connectivity index (χ1n) is 5.96. The molecule has 15 heavy (non-hydrogen) atoms. The van der Waals surface area contributed by atoms with Gasteiger partial charge in [-0.05, 0) is 38.6 Å². The summed E-state index contributed by atoms with van der Waals surface area (Å²) in [7, 11) is 0. The van der Waals surface area contributed by atoms with Gasteiger partial charge in [0, 0.05) is 11.4 Å². The third-order valence-corrected chi connectivity index (χ3v) is 4.03. The molecule has 1 aromatic heterocycles. The minimum absolute atomic E-state index is 1.08. The van der Waals surface area contributed by atoms with Gasteiger partial charge in [0.1, 0.15) is 0 Å². The SMILES string of the molecule is Cc1ncsc1CCNCCCC1CC1. The van der Waals surface area contributed by atoms with Crippen molar-refractivity contribution in [1.29, 1.82) is 0 Å². The molecule has 84 valence electrons. The zero-order valence-electron chi connectivity index (χ0n) is 9.46. The molecule has 1 N–H and O–H groups in total. The molecule has 1 fully saturated rings. The van der Waals surface area contributed by atoms with Crippen LogP contribution in [0.25, 0.3) is 0 Å². The van der Waals surface area contributed by atoms with Crippen LogP contribution in [-0.4, -0.2) is 18.1 Å². The molecule has 0 atom stereocenters. The zero-order chi connectivity index (χ0) is 10.5. The van der Waals surface area contributed by atoms with E-state index in [0.29, 0.717) is 0 Å². The van der Waals surface area contributed by atoms with E-state index in [4.69, 9.17) is 0 Å². The van der Waals surface area contributed by atoms with Crippen molar-refractivity contribution in [2.45, 2.75) is 39.0 Å². The monoisotopic (exact) mass is 224 g/mol. The molecule has 0 bridgehead atoms. The molecule has 0 radical (unpaired) electrons. The normalized spacial score (nSPS) is 15.8. The minimum atomic E-state index is 1.08. The number of hydrogen-bond acceptors (Lipinski definition) is 3. The van der Waals surface area contributed by atoms with Gasteiger partial charge in [0.25, 0.3) is 0 Å². The van der Waals surface area contributed by atoms with Gasteiger partial charge in [-0.1, -0.05) is 12.8 Å². The van der Waals surface area contributed by atoms with Gasteiger partial charge in [-0.3, -0.25) is 0 Å². The number of aromatic nitrogens is 1. The first kappa shape index (κ1) is 11.1. The van der Waals surface area contributed by atoms with Crippen LogP contribution in [0.4, 0.5) is 0 Å². The smallest absolute Gasteiger partial charge is 0.0797 e. The lowest BCUT2D eigenvalue weighted by Crippen LogP contribution is -2.18. The standard InChI is InChI=1S/C12H20N2S/c1-10-12(15-9-14-10)6-8-13-7-2-3-11-4-5-11/h9,11,13H,2-8H2,1H3. The Morgan fingerprint density at radius 2 is 2.33 bits per heavy atom. The van der Waals surface area contributed by atoms with E-state index in [9.17, 15) is 0 Å². The summed E-state index contributed by atoms with van der Waals surface area (Å²) in [6.45, 7) is 4.39. The Morgan fingerprint density at radius 1 is 1.47 bits per heavy atom. The lowest BCUT2D eigenvalue weighted by atomic mass is 10.2. The summed E-state index contributed by atoms with van der Waals surface area (Å²) in [5.74, 6) is 1.08. The highest BCUT2D eigenvalue weighted by Gasteiger charge is 2.19. The van der Waals surface area contributed by atoms with Gasteiger partial charge in [0.2, 0.25) is 0 Å². The van der Waals surface area contributed by atoms with Crippen LogP contribution in [0.1, 0.15) is 36.3 Å². The van der Waals surface area contributed by atoms with Crippen LogP contribution in [-0.2, 0) is 6.42 Å². The van der Waals surface area contributed by atoms with Gasteiger partial charge < -0.3 is 5.32 Å². The Labute approximate surface area is 96.1 Å². The number of hydrogen-bond donors (Lipinski definition) is 1. The molecule has 1 aliphatic rings. The number of nitrogens with zero attached hydrogens (tertiary/aromatic N) is 1. The van der Waals surface area contributed by atoms with Gasteiger partial charge in [0.05, 0.1) is 11.2 Å². The van der Waals surface area contributed by atoms with Crippen molar-refractivity contribution in [2.75, 3.05) is 13.1 Å². The van der Waals surface area contributed by atoms with Crippen molar-refractivity contribution in [3.05, 3.63) is 16.1 Å². The molecule has 0 aliphatic heterocycles. The maximum absolute atomic E-state index is 4.25. The molecule has 2 rings (SSSR count). The average Bonchev–Trinajstić information content (AvgIpc) is 2.96. The Bertz CT molecular complexity index is 292. The van der Waals surface area contributed by atoms with Gasteiger partial charge in [-0.15, -0.1) is 11.3 Å². The molecule has 3 heteroatoms. The predicted octanol–water partition coefficient (Wildman–Crippen LogP) is 2.77. The number of rotatable bonds is 7. The zero-order valence-corrected chi connectivity index (χ0v) is 10.3. The second kappa shape index (κ2) is 5.61. The minimum Gasteiger partial charge on any atom is -0.316 e. The molecule has 0 amide bonds. The van der Waals surface area contributed by atoms with Gasteiger partial charge >= 0.3 is 0 Å². The molecule has 0 saturated heterocycles. The molecule has 0 spiro atoms. The van der Waals surface area contributed by atoms with E-state index in [1.165, 1.54) is 42.8 Å². The molecule has 1 saturated carbocycles. The van der Waals surface area contributed by atoms with Crippen molar-refractivity contribution in [3.63, 3.8) is 0 Å². The van der Waals surface area contributed by atoms with Crippen molar-refractivity contribution in [3.8, 4) is 0 Å². The van der Waals surface area contributed by atoms with E-state index in [0.717, 1.165) is 18.9 Å². The van der Waals surface area contributed by atoms with E-state index in [1.807, 2.05) is 5.51 Å². The molecule has 1 heterocycles. The van der Waals surface area contributed by atoms with Crippen molar-refractivity contribution in [1.82, 2.24) is 10.3 Å². The van der Waals surface area contributed by atoms with Crippen LogP contribution in [0.2, 0.25) is 0 Å². The highest BCUT2D eigenvalue weighted by atomic mass is 32.1. The largest absolute Gasteiger partial charge is 0.316 e. The molecule has 2 nitrogen and oxygen atoms in total. The summed E-state index contributed by atoms with van der Waals surface area (Å²) < 4.78 is 0. The van der Waals surface area contributed by atoms with Crippen molar-refractivity contribution >= 4 is 11.3 Å². The summed E-state index contributed by atoms with van der Waals surface area (Å²) in [5.41, 5.74) is 3.15. The Balaban J connectivity index is 1.49. The Hall–Kier alpha value is -0.410. The molecule has 0 unspecified atom stereocenters. The molecule has 0 aromatic carbocycles. The fraction of sp³-hybridized carbons (Fsp3) is 0.750. The number of thiazole rings is 1. The van der Waals surface area contributed by atoms with E-state index in [2.05, 4.69) is 17.2 Å². The number of nitrogens with one attached hydrogen (secondary N) is 1. The van der Waals surface area contributed by atoms with Crippen LogP contribution in [0.3, 0.4) is 0 Å². The third-order valence-electron chi connectivity index (χ3n) is 3.04. The highest BCUT2D eigenvalue weighted by Crippen LogP contribution is 2.33. The molecular weight excluding hydrogens is 204 g/mol. The van der Waals surface area contributed by atoms with Crippen LogP contribution >= 0.6 is 11.3 Å². The molecular formula is C12H20N2S. The van der Waals surface area contributed by atoms with Crippen molar-refractivity contribution in [2.24, 2.45) is 5.92 Å². The Kier molecular flexibility index (Phi) is 4.15. The van der Waals surface area contributed by atoms with Gasteiger partial charge in [-0.25, -0.2) is 4.98 Å². The maximum Gasteiger partial charge on any atom is 0.0797 e. The highest BCUT2D eigenvalue weighted by molar-refractivity contribution is 7.09. The first-order chi connectivity index (χ1) is 7.36. The van der Waals surface area contributed by atoms with E-state index < -0.39 is 0 Å². The molecule has 1 aliphatic carbocycles. The van der Waals surface area contributed by atoms with Gasteiger partial charge in [0.15, 0.2) is 0 Å². The average molecular weight is 224 g/mol. The van der Waals surface area contributed by atoms with Crippen LogP contribution in [0.15, 0.2) is 5.51 Å². The van der Waals surface area contributed by atoms with E-state index in [1.54, 1.807) is 11.3 Å². The lowest BCUT2D eigenvalue weighted by molar-refractivity contribution is 0.595. The maximum atomic E-state index is 4.25. The predicted molar refractivity (Wildman–Crippen MR) is 65.4 cm³/mol. The summed E-state index contributed by atoms with van der Waals surface area (Å²) in [6, 6.07) is 0. The summed E-state index contributed by atoms with van der Waals surface area (Å²) >= 11 is 1.78.